The molecule has 0 bridgehead atoms. The highest BCUT2D eigenvalue weighted by Gasteiger charge is 2.14. The Morgan fingerprint density at radius 2 is 1.78 bits per heavy atom. The number of pyridine rings is 1. The Labute approximate surface area is 144 Å². The van der Waals surface area contributed by atoms with Crippen molar-refractivity contribution < 1.29 is 0 Å². The topological polar surface area (TPSA) is 37.0 Å². The minimum Gasteiger partial charge on any atom is -0.356 e. The van der Waals surface area contributed by atoms with Crippen molar-refractivity contribution in [3.8, 4) is 0 Å². The van der Waals surface area contributed by atoms with Gasteiger partial charge in [0.25, 0.3) is 0 Å². The minimum atomic E-state index is 0.132. The van der Waals surface area contributed by atoms with E-state index in [9.17, 15) is 0 Å². The Bertz CT molecular complexity index is 672. The minimum absolute atomic E-state index is 0.132. The summed E-state index contributed by atoms with van der Waals surface area (Å²) in [6.07, 6.45) is 1.76. The smallest absolute Gasteiger partial charge is 0.172 e. The van der Waals surface area contributed by atoms with Crippen LogP contribution < -0.4 is 10.6 Å². The highest BCUT2D eigenvalue weighted by molar-refractivity contribution is 7.80. The van der Waals surface area contributed by atoms with E-state index in [1.165, 1.54) is 11.1 Å². The first-order valence-corrected chi connectivity index (χ1v) is 8.28. The second-order valence-electron chi connectivity index (χ2n) is 6.86. The van der Waals surface area contributed by atoms with Gasteiger partial charge in [0, 0.05) is 6.20 Å². The molecule has 1 unspecified atom stereocenters. The predicted octanol–water partition coefficient (Wildman–Crippen LogP) is 4.74. The lowest BCUT2D eigenvalue weighted by Crippen LogP contribution is -2.31. The molecule has 1 atom stereocenters. The SMILES string of the molecule is Cc1cccnc1NC(=S)NC(C)c1ccc(C(C)(C)C)cc1. The van der Waals surface area contributed by atoms with Gasteiger partial charge in [0.05, 0.1) is 6.04 Å². The van der Waals surface area contributed by atoms with Crippen molar-refractivity contribution in [1.29, 1.82) is 0 Å². The van der Waals surface area contributed by atoms with E-state index < -0.39 is 0 Å². The monoisotopic (exact) mass is 327 g/mol. The maximum Gasteiger partial charge on any atom is 0.172 e. The van der Waals surface area contributed by atoms with Crippen LogP contribution in [0.3, 0.4) is 0 Å². The van der Waals surface area contributed by atoms with Crippen LogP contribution in [0, 0.1) is 6.92 Å². The molecule has 0 radical (unpaired) electrons. The van der Waals surface area contributed by atoms with E-state index in [2.05, 4.69) is 67.6 Å². The Morgan fingerprint density at radius 3 is 2.35 bits per heavy atom. The number of nitrogens with zero attached hydrogens (tertiary/aromatic N) is 1. The van der Waals surface area contributed by atoms with Gasteiger partial charge >= 0.3 is 0 Å². The molecule has 1 heterocycles. The zero-order valence-corrected chi connectivity index (χ0v) is 15.3. The highest BCUT2D eigenvalue weighted by atomic mass is 32.1. The van der Waals surface area contributed by atoms with Crippen LogP contribution in [0.2, 0.25) is 0 Å². The van der Waals surface area contributed by atoms with Crippen LogP contribution in [0.1, 0.15) is 50.4 Å². The van der Waals surface area contributed by atoms with Crippen molar-refractivity contribution in [2.75, 3.05) is 5.32 Å². The van der Waals surface area contributed by atoms with Crippen molar-refractivity contribution in [2.45, 2.75) is 46.1 Å². The lowest BCUT2D eigenvalue weighted by Gasteiger charge is -2.21. The van der Waals surface area contributed by atoms with E-state index in [0.29, 0.717) is 5.11 Å². The molecule has 2 aromatic rings. The molecule has 0 spiro atoms. The number of benzene rings is 1. The third kappa shape index (κ3) is 4.76. The zero-order valence-electron chi connectivity index (χ0n) is 14.5. The van der Waals surface area contributed by atoms with Crippen molar-refractivity contribution in [3.63, 3.8) is 0 Å². The maximum absolute atomic E-state index is 5.39. The lowest BCUT2D eigenvalue weighted by atomic mass is 9.86. The van der Waals surface area contributed by atoms with E-state index >= 15 is 0 Å². The number of aromatic nitrogens is 1. The molecular formula is C19H25N3S. The Kier molecular flexibility index (Phi) is 5.37. The molecule has 1 aromatic heterocycles. The summed E-state index contributed by atoms with van der Waals surface area (Å²) < 4.78 is 0. The quantitative estimate of drug-likeness (QED) is 0.799. The number of rotatable bonds is 3. The van der Waals surface area contributed by atoms with Crippen molar-refractivity contribution in [2.24, 2.45) is 0 Å². The fraction of sp³-hybridized carbons (Fsp3) is 0.368. The molecule has 2 rings (SSSR count). The van der Waals surface area contributed by atoms with E-state index in [1.54, 1.807) is 6.20 Å². The fourth-order valence-electron chi connectivity index (χ4n) is 2.31. The standard InChI is InChI=1S/C19H25N3S/c1-13-7-6-12-20-17(13)22-18(23)21-14(2)15-8-10-16(11-9-15)19(3,4)5/h6-12,14H,1-5H3,(H2,20,21,22,23). The Balaban J connectivity index is 2.00. The summed E-state index contributed by atoms with van der Waals surface area (Å²) in [5.74, 6) is 0.792. The van der Waals surface area contributed by atoms with Gasteiger partial charge < -0.3 is 10.6 Å². The normalized spacial score (nSPS) is 12.6. The number of anilines is 1. The number of hydrogen-bond acceptors (Lipinski definition) is 2. The molecule has 0 saturated carbocycles. The summed E-state index contributed by atoms with van der Waals surface area (Å²) in [4.78, 5) is 4.30. The Hall–Kier alpha value is -1.94. The molecule has 2 N–H and O–H groups in total. The van der Waals surface area contributed by atoms with Crippen LogP contribution in [-0.2, 0) is 5.41 Å². The van der Waals surface area contributed by atoms with Gasteiger partial charge in [-0.2, -0.15) is 0 Å². The van der Waals surface area contributed by atoms with E-state index in [1.807, 2.05) is 19.1 Å². The number of hydrogen-bond donors (Lipinski definition) is 2. The number of nitrogens with one attached hydrogen (secondary N) is 2. The second-order valence-corrected chi connectivity index (χ2v) is 7.27. The van der Waals surface area contributed by atoms with Crippen LogP contribution in [0.4, 0.5) is 5.82 Å². The summed E-state index contributed by atoms with van der Waals surface area (Å²) >= 11 is 5.39. The van der Waals surface area contributed by atoms with Crippen LogP contribution in [0.25, 0.3) is 0 Å². The molecule has 0 saturated heterocycles. The Morgan fingerprint density at radius 1 is 1.13 bits per heavy atom. The molecule has 3 nitrogen and oxygen atoms in total. The van der Waals surface area contributed by atoms with Crippen molar-refractivity contribution in [1.82, 2.24) is 10.3 Å². The van der Waals surface area contributed by atoms with Gasteiger partial charge in [0.1, 0.15) is 5.82 Å². The third-order valence-electron chi connectivity index (χ3n) is 3.87. The average Bonchev–Trinajstić information content (AvgIpc) is 2.49. The van der Waals surface area contributed by atoms with Gasteiger partial charge in [-0.05, 0) is 54.2 Å². The summed E-state index contributed by atoms with van der Waals surface area (Å²) in [6, 6.07) is 12.7. The van der Waals surface area contributed by atoms with Crippen LogP contribution in [0.5, 0.6) is 0 Å². The van der Waals surface area contributed by atoms with Crippen molar-refractivity contribution in [3.05, 3.63) is 59.3 Å². The highest BCUT2D eigenvalue weighted by Crippen LogP contribution is 2.24. The van der Waals surface area contributed by atoms with Gasteiger partial charge in [-0.15, -0.1) is 0 Å². The number of thiocarbonyl (C=S) groups is 1. The molecule has 0 aliphatic rings. The molecular weight excluding hydrogens is 302 g/mol. The zero-order chi connectivity index (χ0) is 17.0. The molecule has 4 heteroatoms. The molecule has 0 aliphatic heterocycles. The van der Waals surface area contributed by atoms with E-state index in [-0.39, 0.29) is 11.5 Å². The van der Waals surface area contributed by atoms with Gasteiger partial charge in [-0.3, -0.25) is 0 Å². The fourth-order valence-corrected chi connectivity index (χ4v) is 2.59. The largest absolute Gasteiger partial charge is 0.356 e. The van der Waals surface area contributed by atoms with E-state index in [0.717, 1.165) is 11.4 Å². The molecule has 0 amide bonds. The molecule has 1 aromatic carbocycles. The summed E-state index contributed by atoms with van der Waals surface area (Å²) in [5.41, 5.74) is 3.78. The number of aryl methyl sites for hydroxylation is 1. The third-order valence-corrected chi connectivity index (χ3v) is 4.09. The first-order chi connectivity index (χ1) is 10.8. The first kappa shape index (κ1) is 17.4. The van der Waals surface area contributed by atoms with Crippen LogP contribution in [0.15, 0.2) is 42.6 Å². The predicted molar refractivity (Wildman–Crippen MR) is 102 cm³/mol. The van der Waals surface area contributed by atoms with Gasteiger partial charge in [0.15, 0.2) is 5.11 Å². The molecule has 122 valence electrons. The van der Waals surface area contributed by atoms with E-state index in [4.69, 9.17) is 12.2 Å². The average molecular weight is 327 g/mol. The molecule has 0 aliphatic carbocycles. The summed E-state index contributed by atoms with van der Waals surface area (Å²) in [5, 5.41) is 7.05. The molecule has 23 heavy (non-hydrogen) atoms. The van der Waals surface area contributed by atoms with Crippen LogP contribution >= 0.6 is 12.2 Å². The van der Waals surface area contributed by atoms with Crippen LogP contribution in [-0.4, -0.2) is 10.1 Å². The summed E-state index contributed by atoms with van der Waals surface area (Å²) in [6.45, 7) is 10.8. The van der Waals surface area contributed by atoms with Gasteiger partial charge in [0.2, 0.25) is 0 Å². The van der Waals surface area contributed by atoms with Gasteiger partial charge in [-0.25, -0.2) is 4.98 Å². The lowest BCUT2D eigenvalue weighted by molar-refractivity contribution is 0.589. The maximum atomic E-state index is 5.39. The first-order valence-electron chi connectivity index (χ1n) is 7.87. The summed E-state index contributed by atoms with van der Waals surface area (Å²) in [7, 11) is 0. The van der Waals surface area contributed by atoms with Gasteiger partial charge in [-0.1, -0.05) is 51.1 Å². The molecule has 0 fully saturated rings. The second kappa shape index (κ2) is 7.09. The van der Waals surface area contributed by atoms with Crippen molar-refractivity contribution >= 4 is 23.1 Å².